The number of amides is 3. The van der Waals surface area contributed by atoms with Crippen molar-refractivity contribution < 1.29 is 22.8 Å². The number of carbonyl (C=O) groups is 2. The van der Waals surface area contributed by atoms with Crippen molar-refractivity contribution in [3.05, 3.63) is 65.5 Å². The highest BCUT2D eigenvalue weighted by atomic mass is 19.2. The molecule has 0 radical (unpaired) electrons. The summed E-state index contributed by atoms with van der Waals surface area (Å²) in [6.07, 6.45) is 0. The predicted molar refractivity (Wildman–Crippen MR) is 106 cm³/mol. The maximum atomic E-state index is 13.4. The minimum absolute atomic E-state index is 0.165. The van der Waals surface area contributed by atoms with Crippen molar-refractivity contribution in [2.24, 2.45) is 0 Å². The van der Waals surface area contributed by atoms with Crippen LogP contribution in [0.5, 0.6) is 0 Å². The lowest BCUT2D eigenvalue weighted by Crippen LogP contribution is -2.53. The summed E-state index contributed by atoms with van der Waals surface area (Å²) in [6, 6.07) is 8.27. The molecule has 0 unspecified atom stereocenters. The minimum Gasteiger partial charge on any atom is -0.331 e. The maximum absolute atomic E-state index is 13.4. The highest BCUT2D eigenvalue weighted by Gasteiger charge is 2.23. The smallest absolute Gasteiger partial charge is 0.317 e. The standard InChI is InChI=1S/C21H23F3N4O2/c1-14(15-2-7-18(23)19(24)12-15)25-21(30)28-10-8-27(9-11-28)13-20(29)26-17-5-3-16(22)4-6-17/h2-7,12,14H,8-11,13H2,1H3,(H,25,30)(H,26,29)/t14-/m0/s1. The van der Waals surface area contributed by atoms with Gasteiger partial charge in [0.1, 0.15) is 5.82 Å². The molecule has 0 aromatic heterocycles. The van der Waals surface area contributed by atoms with E-state index in [-0.39, 0.29) is 24.3 Å². The van der Waals surface area contributed by atoms with Crippen molar-refractivity contribution in [3.63, 3.8) is 0 Å². The van der Waals surface area contributed by atoms with Gasteiger partial charge < -0.3 is 15.5 Å². The lowest BCUT2D eigenvalue weighted by Gasteiger charge is -2.35. The first kappa shape index (κ1) is 21.6. The van der Waals surface area contributed by atoms with Crippen molar-refractivity contribution in [2.45, 2.75) is 13.0 Å². The minimum atomic E-state index is -0.957. The summed E-state index contributed by atoms with van der Waals surface area (Å²) >= 11 is 0. The fourth-order valence-corrected chi connectivity index (χ4v) is 3.19. The molecule has 1 aliphatic rings. The molecule has 2 aromatic carbocycles. The van der Waals surface area contributed by atoms with Crippen LogP contribution < -0.4 is 10.6 Å². The van der Waals surface area contributed by atoms with Crippen molar-refractivity contribution in [3.8, 4) is 0 Å². The number of piperazine rings is 1. The molecule has 3 rings (SSSR count). The Kier molecular flexibility index (Phi) is 6.94. The lowest BCUT2D eigenvalue weighted by molar-refractivity contribution is -0.117. The molecule has 1 heterocycles. The Morgan fingerprint density at radius 2 is 1.63 bits per heavy atom. The third-order valence-electron chi connectivity index (χ3n) is 4.94. The van der Waals surface area contributed by atoms with E-state index >= 15 is 0 Å². The topological polar surface area (TPSA) is 64.7 Å². The van der Waals surface area contributed by atoms with Crippen molar-refractivity contribution in [1.29, 1.82) is 0 Å². The highest BCUT2D eigenvalue weighted by Crippen LogP contribution is 2.16. The molecule has 1 aliphatic heterocycles. The van der Waals surface area contributed by atoms with Gasteiger partial charge in [0.15, 0.2) is 11.6 Å². The molecule has 1 fully saturated rings. The second-order valence-corrected chi connectivity index (χ2v) is 7.16. The van der Waals surface area contributed by atoms with Gasteiger partial charge >= 0.3 is 6.03 Å². The van der Waals surface area contributed by atoms with Gasteiger partial charge in [-0.05, 0) is 48.9 Å². The molecule has 30 heavy (non-hydrogen) atoms. The number of hydrogen-bond donors (Lipinski definition) is 2. The second-order valence-electron chi connectivity index (χ2n) is 7.16. The average molecular weight is 420 g/mol. The number of rotatable bonds is 5. The number of carbonyl (C=O) groups excluding carboxylic acids is 2. The average Bonchev–Trinajstić information content (AvgIpc) is 2.72. The number of nitrogens with zero attached hydrogens (tertiary/aromatic N) is 2. The van der Waals surface area contributed by atoms with Crippen LogP contribution in [-0.2, 0) is 4.79 Å². The van der Waals surface area contributed by atoms with Gasteiger partial charge in [-0.2, -0.15) is 0 Å². The molecule has 160 valence electrons. The summed E-state index contributed by atoms with van der Waals surface area (Å²) < 4.78 is 39.4. The van der Waals surface area contributed by atoms with E-state index in [0.29, 0.717) is 37.4 Å². The predicted octanol–water partition coefficient (Wildman–Crippen LogP) is 3.13. The van der Waals surface area contributed by atoms with Gasteiger partial charge in [0.25, 0.3) is 0 Å². The zero-order valence-corrected chi connectivity index (χ0v) is 16.5. The van der Waals surface area contributed by atoms with Crippen LogP contribution in [-0.4, -0.2) is 54.5 Å². The third-order valence-corrected chi connectivity index (χ3v) is 4.94. The van der Waals surface area contributed by atoms with Crippen LogP contribution in [0.3, 0.4) is 0 Å². The van der Waals surface area contributed by atoms with Gasteiger partial charge in [0.05, 0.1) is 12.6 Å². The van der Waals surface area contributed by atoms with E-state index in [1.807, 2.05) is 4.90 Å². The van der Waals surface area contributed by atoms with E-state index in [2.05, 4.69) is 10.6 Å². The Bertz CT molecular complexity index is 900. The summed E-state index contributed by atoms with van der Waals surface area (Å²) in [5.41, 5.74) is 0.990. The van der Waals surface area contributed by atoms with E-state index < -0.39 is 17.7 Å². The molecule has 6 nitrogen and oxygen atoms in total. The molecule has 1 saturated heterocycles. The van der Waals surface area contributed by atoms with Crippen LogP contribution in [0.2, 0.25) is 0 Å². The molecule has 3 amide bonds. The molecule has 0 aliphatic carbocycles. The first-order valence-electron chi connectivity index (χ1n) is 9.60. The van der Waals surface area contributed by atoms with Crippen LogP contribution in [0.1, 0.15) is 18.5 Å². The monoisotopic (exact) mass is 420 g/mol. The number of hydrogen-bond acceptors (Lipinski definition) is 3. The number of urea groups is 1. The zero-order chi connectivity index (χ0) is 21.7. The number of anilines is 1. The Labute approximate surface area is 172 Å². The molecule has 0 spiro atoms. The van der Waals surface area contributed by atoms with Crippen LogP contribution in [0.15, 0.2) is 42.5 Å². The third kappa shape index (κ3) is 5.73. The van der Waals surface area contributed by atoms with Gasteiger partial charge in [0.2, 0.25) is 5.91 Å². The van der Waals surface area contributed by atoms with Crippen LogP contribution in [0.25, 0.3) is 0 Å². The number of benzene rings is 2. The summed E-state index contributed by atoms with van der Waals surface area (Å²) in [5.74, 6) is -2.48. The Morgan fingerprint density at radius 1 is 0.967 bits per heavy atom. The van der Waals surface area contributed by atoms with E-state index in [9.17, 15) is 22.8 Å². The zero-order valence-electron chi connectivity index (χ0n) is 16.5. The van der Waals surface area contributed by atoms with E-state index in [1.165, 1.54) is 30.3 Å². The summed E-state index contributed by atoms with van der Waals surface area (Å²) in [4.78, 5) is 28.1. The van der Waals surface area contributed by atoms with Crippen molar-refractivity contribution in [2.75, 3.05) is 38.0 Å². The highest BCUT2D eigenvalue weighted by molar-refractivity contribution is 5.92. The van der Waals surface area contributed by atoms with Crippen LogP contribution in [0, 0.1) is 17.5 Å². The molecular formula is C21H23F3N4O2. The van der Waals surface area contributed by atoms with Gasteiger partial charge in [-0.25, -0.2) is 18.0 Å². The van der Waals surface area contributed by atoms with E-state index in [4.69, 9.17) is 0 Å². The molecule has 2 aromatic rings. The van der Waals surface area contributed by atoms with Crippen LogP contribution >= 0.6 is 0 Å². The summed E-state index contributed by atoms with van der Waals surface area (Å²) in [6.45, 7) is 3.76. The molecule has 0 bridgehead atoms. The molecule has 0 saturated carbocycles. The second kappa shape index (κ2) is 9.62. The van der Waals surface area contributed by atoms with Gasteiger partial charge in [-0.3, -0.25) is 9.69 Å². The fourth-order valence-electron chi connectivity index (χ4n) is 3.19. The Morgan fingerprint density at radius 3 is 2.27 bits per heavy atom. The quantitative estimate of drug-likeness (QED) is 0.781. The fraction of sp³-hybridized carbons (Fsp3) is 0.333. The van der Waals surface area contributed by atoms with E-state index in [0.717, 1.165) is 12.1 Å². The number of halogens is 3. The van der Waals surface area contributed by atoms with Crippen molar-refractivity contribution >= 4 is 17.6 Å². The largest absolute Gasteiger partial charge is 0.331 e. The molecule has 1 atom stereocenters. The van der Waals surface area contributed by atoms with Crippen LogP contribution in [0.4, 0.5) is 23.7 Å². The van der Waals surface area contributed by atoms with Crippen molar-refractivity contribution in [1.82, 2.24) is 15.1 Å². The number of nitrogens with one attached hydrogen (secondary N) is 2. The first-order chi connectivity index (χ1) is 14.3. The first-order valence-corrected chi connectivity index (χ1v) is 9.60. The van der Waals surface area contributed by atoms with Gasteiger partial charge in [-0.1, -0.05) is 6.07 Å². The maximum Gasteiger partial charge on any atom is 0.317 e. The molecule has 2 N–H and O–H groups in total. The lowest BCUT2D eigenvalue weighted by atomic mass is 10.1. The Hall–Kier alpha value is -3.07. The SMILES string of the molecule is C[C@H](NC(=O)N1CCN(CC(=O)Nc2ccc(F)cc2)CC1)c1ccc(F)c(F)c1. The van der Waals surface area contributed by atoms with Gasteiger partial charge in [0, 0.05) is 31.9 Å². The van der Waals surface area contributed by atoms with E-state index in [1.54, 1.807) is 11.8 Å². The normalized spacial score (nSPS) is 15.5. The summed E-state index contributed by atoms with van der Waals surface area (Å²) in [7, 11) is 0. The molecule has 9 heteroatoms. The summed E-state index contributed by atoms with van der Waals surface area (Å²) in [5, 5.41) is 5.48. The molecular weight excluding hydrogens is 397 g/mol. The van der Waals surface area contributed by atoms with Gasteiger partial charge in [-0.15, -0.1) is 0 Å². The Balaban J connectivity index is 1.44.